The minimum absolute atomic E-state index is 0. The molecule has 1 aliphatic rings. The molecule has 1 saturated heterocycles. The van der Waals surface area contributed by atoms with Gasteiger partial charge in [-0.05, 0) is 49.6 Å². The highest BCUT2D eigenvalue weighted by Crippen LogP contribution is 2.23. The second-order valence-corrected chi connectivity index (χ2v) is 6.89. The Hall–Kier alpha value is -1.32. The molecule has 2 aromatic rings. The predicted molar refractivity (Wildman–Crippen MR) is 102 cm³/mol. The Balaban J connectivity index is 0.00000192. The lowest BCUT2D eigenvalue weighted by Crippen LogP contribution is -2.49. The van der Waals surface area contributed by atoms with Gasteiger partial charge >= 0.3 is 0 Å². The topological polar surface area (TPSA) is 19.4 Å². The van der Waals surface area contributed by atoms with Crippen LogP contribution in [0.25, 0.3) is 10.9 Å². The smallest absolute Gasteiger partial charge is 0.129 e. The number of anilines is 1. The van der Waals surface area contributed by atoms with Crippen molar-refractivity contribution in [2.75, 3.05) is 31.1 Å². The zero-order valence-corrected chi connectivity index (χ0v) is 15.4. The van der Waals surface area contributed by atoms with E-state index in [1.807, 2.05) is 0 Å². The molecule has 1 aromatic carbocycles. The number of aromatic nitrogens is 1. The third kappa shape index (κ3) is 3.96. The second kappa shape index (κ2) is 7.50. The summed E-state index contributed by atoms with van der Waals surface area (Å²) in [6.07, 6.45) is 0. The first-order chi connectivity index (χ1) is 10.5. The minimum Gasteiger partial charge on any atom is -0.354 e. The van der Waals surface area contributed by atoms with Gasteiger partial charge in [-0.3, -0.25) is 4.90 Å². The standard InChI is InChI=1S/C19H27N3.ClH/c1-14(2)16-5-7-18-17(13-16)6-8-19(20-18)22-11-9-21(10-12-22)15(3)4;/h5-8,13-15H,9-12H2,1-4H3;1H. The van der Waals surface area contributed by atoms with Gasteiger partial charge in [0, 0.05) is 37.6 Å². The first-order valence-corrected chi connectivity index (χ1v) is 8.44. The van der Waals surface area contributed by atoms with Crippen molar-refractivity contribution in [2.45, 2.75) is 39.7 Å². The monoisotopic (exact) mass is 333 g/mol. The van der Waals surface area contributed by atoms with Crippen LogP contribution >= 0.6 is 12.4 Å². The van der Waals surface area contributed by atoms with E-state index >= 15 is 0 Å². The summed E-state index contributed by atoms with van der Waals surface area (Å²) in [6, 6.07) is 11.7. The summed E-state index contributed by atoms with van der Waals surface area (Å²) in [4.78, 5) is 9.82. The number of hydrogen-bond acceptors (Lipinski definition) is 3. The molecule has 0 unspecified atom stereocenters. The van der Waals surface area contributed by atoms with E-state index in [2.05, 4.69) is 67.8 Å². The van der Waals surface area contributed by atoms with Crippen LogP contribution in [0, 0.1) is 0 Å². The van der Waals surface area contributed by atoms with E-state index in [0.717, 1.165) is 37.5 Å². The van der Waals surface area contributed by atoms with Gasteiger partial charge in [0.1, 0.15) is 5.82 Å². The minimum atomic E-state index is 0. The van der Waals surface area contributed by atoms with Gasteiger partial charge in [0.15, 0.2) is 0 Å². The summed E-state index contributed by atoms with van der Waals surface area (Å²) in [5.74, 6) is 1.68. The van der Waals surface area contributed by atoms with Crippen LogP contribution in [-0.4, -0.2) is 42.1 Å². The van der Waals surface area contributed by atoms with Crippen molar-refractivity contribution >= 4 is 29.1 Å². The first kappa shape index (κ1) is 18.0. The third-order valence-electron chi connectivity index (χ3n) is 4.73. The maximum absolute atomic E-state index is 4.88. The third-order valence-corrected chi connectivity index (χ3v) is 4.73. The Morgan fingerprint density at radius 2 is 1.61 bits per heavy atom. The molecule has 0 amide bonds. The Morgan fingerprint density at radius 1 is 0.913 bits per heavy atom. The van der Waals surface area contributed by atoms with Crippen LogP contribution in [0.2, 0.25) is 0 Å². The maximum atomic E-state index is 4.88. The lowest BCUT2D eigenvalue weighted by atomic mass is 10.0. The number of pyridine rings is 1. The van der Waals surface area contributed by atoms with E-state index in [1.54, 1.807) is 0 Å². The number of hydrogen-bond donors (Lipinski definition) is 0. The molecular weight excluding hydrogens is 306 g/mol. The number of rotatable bonds is 3. The Morgan fingerprint density at radius 3 is 2.22 bits per heavy atom. The number of benzene rings is 1. The van der Waals surface area contributed by atoms with Gasteiger partial charge in [0.05, 0.1) is 5.52 Å². The Kier molecular flexibility index (Phi) is 5.88. The number of fused-ring (bicyclic) bond motifs is 1. The van der Waals surface area contributed by atoms with Gasteiger partial charge in [-0.15, -0.1) is 12.4 Å². The highest BCUT2D eigenvalue weighted by Gasteiger charge is 2.19. The highest BCUT2D eigenvalue weighted by molar-refractivity contribution is 5.85. The summed E-state index contributed by atoms with van der Waals surface area (Å²) in [5.41, 5.74) is 2.49. The SMILES string of the molecule is CC(C)c1ccc2nc(N3CCN(C(C)C)CC3)ccc2c1.Cl. The van der Waals surface area contributed by atoms with E-state index in [9.17, 15) is 0 Å². The largest absolute Gasteiger partial charge is 0.354 e. The van der Waals surface area contributed by atoms with Crippen molar-refractivity contribution in [3.8, 4) is 0 Å². The van der Waals surface area contributed by atoms with Crippen LogP contribution in [0.5, 0.6) is 0 Å². The fourth-order valence-electron chi connectivity index (χ4n) is 3.14. The van der Waals surface area contributed by atoms with Gasteiger partial charge in [-0.25, -0.2) is 4.98 Å². The lowest BCUT2D eigenvalue weighted by Gasteiger charge is -2.37. The Labute approximate surface area is 146 Å². The normalized spacial score (nSPS) is 16.2. The molecule has 3 nitrogen and oxygen atoms in total. The summed E-state index contributed by atoms with van der Waals surface area (Å²) >= 11 is 0. The van der Waals surface area contributed by atoms with Gasteiger partial charge in [0.25, 0.3) is 0 Å². The van der Waals surface area contributed by atoms with Crippen molar-refractivity contribution in [3.05, 3.63) is 35.9 Å². The molecule has 0 radical (unpaired) electrons. The molecule has 1 fully saturated rings. The second-order valence-electron chi connectivity index (χ2n) is 6.89. The van der Waals surface area contributed by atoms with Crippen molar-refractivity contribution in [1.29, 1.82) is 0 Å². The molecule has 2 heterocycles. The van der Waals surface area contributed by atoms with Crippen molar-refractivity contribution in [1.82, 2.24) is 9.88 Å². The molecule has 23 heavy (non-hydrogen) atoms. The van der Waals surface area contributed by atoms with E-state index in [-0.39, 0.29) is 12.4 Å². The molecule has 1 aromatic heterocycles. The number of nitrogens with zero attached hydrogens (tertiary/aromatic N) is 3. The van der Waals surface area contributed by atoms with Crippen LogP contribution in [0.15, 0.2) is 30.3 Å². The summed E-state index contributed by atoms with van der Waals surface area (Å²) in [6.45, 7) is 13.4. The van der Waals surface area contributed by atoms with Gasteiger partial charge < -0.3 is 4.90 Å². The molecule has 0 atom stereocenters. The molecule has 0 aliphatic carbocycles. The average Bonchev–Trinajstić information content (AvgIpc) is 2.54. The summed E-state index contributed by atoms with van der Waals surface area (Å²) < 4.78 is 0. The van der Waals surface area contributed by atoms with Crippen molar-refractivity contribution in [3.63, 3.8) is 0 Å². The van der Waals surface area contributed by atoms with Crippen molar-refractivity contribution in [2.24, 2.45) is 0 Å². The predicted octanol–water partition coefficient (Wildman–Crippen LogP) is 4.31. The van der Waals surface area contributed by atoms with E-state index in [1.165, 1.54) is 10.9 Å². The van der Waals surface area contributed by atoms with E-state index in [4.69, 9.17) is 4.98 Å². The van der Waals surface area contributed by atoms with Crippen LogP contribution in [0.3, 0.4) is 0 Å². The maximum Gasteiger partial charge on any atom is 0.129 e. The molecule has 0 bridgehead atoms. The summed E-state index contributed by atoms with van der Waals surface area (Å²) in [7, 11) is 0. The fourth-order valence-corrected chi connectivity index (χ4v) is 3.14. The first-order valence-electron chi connectivity index (χ1n) is 8.44. The number of piperazine rings is 1. The zero-order chi connectivity index (χ0) is 15.7. The van der Waals surface area contributed by atoms with Crippen LogP contribution in [0.4, 0.5) is 5.82 Å². The fraction of sp³-hybridized carbons (Fsp3) is 0.526. The molecule has 0 saturated carbocycles. The van der Waals surface area contributed by atoms with Crippen molar-refractivity contribution < 1.29 is 0 Å². The zero-order valence-electron chi connectivity index (χ0n) is 14.6. The van der Waals surface area contributed by atoms with Crippen LogP contribution in [0.1, 0.15) is 39.2 Å². The van der Waals surface area contributed by atoms with E-state index < -0.39 is 0 Å². The molecule has 126 valence electrons. The summed E-state index contributed by atoms with van der Waals surface area (Å²) in [5, 5.41) is 1.25. The van der Waals surface area contributed by atoms with Gasteiger partial charge in [-0.2, -0.15) is 0 Å². The van der Waals surface area contributed by atoms with Gasteiger partial charge in [-0.1, -0.05) is 19.9 Å². The molecule has 0 spiro atoms. The highest BCUT2D eigenvalue weighted by atomic mass is 35.5. The quantitative estimate of drug-likeness (QED) is 0.834. The molecule has 4 heteroatoms. The average molecular weight is 334 g/mol. The molecular formula is C19H28ClN3. The Bertz CT molecular complexity index is 646. The molecule has 3 rings (SSSR count). The van der Waals surface area contributed by atoms with Crippen LogP contribution in [-0.2, 0) is 0 Å². The van der Waals surface area contributed by atoms with Crippen LogP contribution < -0.4 is 4.90 Å². The van der Waals surface area contributed by atoms with Gasteiger partial charge in [0.2, 0.25) is 0 Å². The lowest BCUT2D eigenvalue weighted by molar-refractivity contribution is 0.209. The molecule has 1 aliphatic heterocycles. The number of halogens is 1. The van der Waals surface area contributed by atoms with E-state index in [0.29, 0.717) is 12.0 Å². The molecule has 0 N–H and O–H groups in total.